The van der Waals surface area contributed by atoms with Crippen LogP contribution in [0.1, 0.15) is 31.9 Å². The summed E-state index contributed by atoms with van der Waals surface area (Å²) in [6.45, 7) is 10.3. The zero-order chi connectivity index (χ0) is 23.1. The van der Waals surface area contributed by atoms with Crippen molar-refractivity contribution >= 4 is 0 Å². The maximum atomic E-state index is 10.5. The molecule has 1 unspecified atom stereocenters. The lowest BCUT2D eigenvalue weighted by Crippen LogP contribution is -2.39. The number of aliphatic hydroxyl groups excluding tert-OH is 1. The predicted octanol–water partition coefficient (Wildman–Crippen LogP) is 4.80. The van der Waals surface area contributed by atoms with Crippen molar-refractivity contribution in [1.29, 1.82) is 0 Å². The Morgan fingerprint density at radius 3 is 2.38 bits per heavy atom. The summed E-state index contributed by atoms with van der Waals surface area (Å²) in [6, 6.07) is 18.4. The second-order valence-electron chi connectivity index (χ2n) is 8.37. The smallest absolute Gasteiger partial charge is 0.222 e. The lowest BCUT2D eigenvalue weighted by molar-refractivity contribution is 0.0132. The van der Waals surface area contributed by atoms with E-state index >= 15 is 0 Å². The highest BCUT2D eigenvalue weighted by molar-refractivity contribution is 5.65. The lowest BCUT2D eigenvalue weighted by Gasteiger charge is -2.29. The number of nitrogens with zero attached hydrogens (tertiary/aromatic N) is 3. The van der Waals surface area contributed by atoms with Crippen molar-refractivity contribution < 1.29 is 14.6 Å². The molecule has 0 amide bonds. The summed E-state index contributed by atoms with van der Waals surface area (Å²) in [5, 5.41) is 15.3. The minimum atomic E-state index is -0.560. The molecular weight excluding hydrogens is 402 g/mol. The standard InChI is InChI=1S/C26H35N3O3/c1-6-31-18-22(30)16-29(19(2)3)17-24-25(21-10-8-7-9-11-21)27-28(5)26(24)32-23-14-12-20(4)13-15-23/h7-15,19,22,30H,6,16-18H2,1-5H3. The van der Waals surface area contributed by atoms with Gasteiger partial charge in [0.15, 0.2) is 0 Å². The van der Waals surface area contributed by atoms with Crippen LogP contribution in [0.15, 0.2) is 54.6 Å². The second-order valence-corrected chi connectivity index (χ2v) is 8.37. The van der Waals surface area contributed by atoms with Gasteiger partial charge in [-0.05, 0) is 39.8 Å². The molecule has 32 heavy (non-hydrogen) atoms. The van der Waals surface area contributed by atoms with Crippen molar-refractivity contribution in [2.24, 2.45) is 7.05 Å². The monoisotopic (exact) mass is 437 g/mol. The largest absolute Gasteiger partial charge is 0.439 e. The maximum absolute atomic E-state index is 10.5. The van der Waals surface area contributed by atoms with E-state index in [2.05, 4.69) is 37.8 Å². The Labute approximate surface area is 191 Å². The number of benzene rings is 2. The molecule has 1 heterocycles. The Morgan fingerprint density at radius 1 is 1.06 bits per heavy atom. The molecule has 0 aliphatic rings. The molecule has 172 valence electrons. The van der Waals surface area contributed by atoms with Crippen molar-refractivity contribution in [1.82, 2.24) is 14.7 Å². The quantitative estimate of drug-likeness (QED) is 0.467. The first kappa shape index (κ1) is 24.0. The summed E-state index contributed by atoms with van der Waals surface area (Å²) in [7, 11) is 1.91. The molecule has 0 saturated carbocycles. The lowest BCUT2D eigenvalue weighted by atomic mass is 10.1. The van der Waals surface area contributed by atoms with Crippen molar-refractivity contribution in [3.8, 4) is 22.9 Å². The van der Waals surface area contributed by atoms with Gasteiger partial charge in [0.25, 0.3) is 0 Å². The molecule has 0 spiro atoms. The molecule has 1 aromatic heterocycles. The highest BCUT2D eigenvalue weighted by Crippen LogP contribution is 2.34. The van der Waals surface area contributed by atoms with Crippen LogP contribution in [0.3, 0.4) is 0 Å². The van der Waals surface area contributed by atoms with Crippen LogP contribution in [0, 0.1) is 6.92 Å². The van der Waals surface area contributed by atoms with Gasteiger partial charge in [-0.15, -0.1) is 0 Å². The van der Waals surface area contributed by atoms with Gasteiger partial charge in [0, 0.05) is 38.3 Å². The van der Waals surface area contributed by atoms with Gasteiger partial charge in [-0.2, -0.15) is 5.10 Å². The first-order valence-electron chi connectivity index (χ1n) is 11.2. The highest BCUT2D eigenvalue weighted by Gasteiger charge is 2.24. The van der Waals surface area contributed by atoms with Gasteiger partial charge in [0.05, 0.1) is 18.3 Å². The van der Waals surface area contributed by atoms with E-state index in [1.807, 2.05) is 56.4 Å². The van der Waals surface area contributed by atoms with E-state index in [1.54, 1.807) is 4.68 Å². The van der Waals surface area contributed by atoms with Crippen LogP contribution in [0.5, 0.6) is 11.6 Å². The number of aryl methyl sites for hydroxylation is 2. The maximum Gasteiger partial charge on any atom is 0.222 e. The fourth-order valence-corrected chi connectivity index (χ4v) is 3.61. The Morgan fingerprint density at radius 2 is 1.75 bits per heavy atom. The van der Waals surface area contributed by atoms with Crippen molar-refractivity contribution in [3.05, 3.63) is 65.7 Å². The van der Waals surface area contributed by atoms with Crippen LogP contribution in [0.2, 0.25) is 0 Å². The Kier molecular flexibility index (Phi) is 8.45. The highest BCUT2D eigenvalue weighted by atomic mass is 16.5. The van der Waals surface area contributed by atoms with Crippen molar-refractivity contribution in [3.63, 3.8) is 0 Å². The van der Waals surface area contributed by atoms with Crippen LogP contribution in [0.4, 0.5) is 0 Å². The summed E-state index contributed by atoms with van der Waals surface area (Å²) in [5.74, 6) is 1.48. The molecule has 6 heteroatoms. The van der Waals surface area contributed by atoms with Gasteiger partial charge in [-0.1, -0.05) is 48.0 Å². The van der Waals surface area contributed by atoms with Gasteiger partial charge in [-0.3, -0.25) is 4.90 Å². The molecule has 0 radical (unpaired) electrons. The van der Waals surface area contributed by atoms with E-state index in [0.29, 0.717) is 32.2 Å². The van der Waals surface area contributed by atoms with E-state index in [-0.39, 0.29) is 6.04 Å². The molecule has 1 atom stereocenters. The first-order chi connectivity index (χ1) is 15.4. The topological polar surface area (TPSA) is 59.8 Å². The van der Waals surface area contributed by atoms with Crippen LogP contribution in [0.25, 0.3) is 11.3 Å². The fraction of sp³-hybridized carbons (Fsp3) is 0.423. The summed E-state index contributed by atoms with van der Waals surface area (Å²) in [6.07, 6.45) is -0.560. The van der Waals surface area contributed by atoms with E-state index in [9.17, 15) is 5.11 Å². The molecule has 0 aliphatic carbocycles. The molecule has 3 aromatic rings. The third kappa shape index (κ3) is 6.19. The van der Waals surface area contributed by atoms with Gasteiger partial charge < -0.3 is 14.6 Å². The van der Waals surface area contributed by atoms with Gasteiger partial charge in [0.1, 0.15) is 11.4 Å². The van der Waals surface area contributed by atoms with Crippen LogP contribution >= 0.6 is 0 Å². The Bertz CT molecular complexity index is 968. The molecule has 0 bridgehead atoms. The Hall–Kier alpha value is -2.67. The third-order valence-electron chi connectivity index (χ3n) is 5.42. The number of hydrogen-bond donors (Lipinski definition) is 1. The second kappa shape index (κ2) is 11.3. The van der Waals surface area contributed by atoms with Gasteiger partial charge in [-0.25, -0.2) is 4.68 Å². The van der Waals surface area contributed by atoms with Crippen molar-refractivity contribution in [2.75, 3.05) is 19.8 Å². The van der Waals surface area contributed by atoms with Crippen LogP contribution < -0.4 is 4.74 Å². The molecule has 0 aliphatic heterocycles. The normalized spacial score (nSPS) is 12.5. The van der Waals surface area contributed by atoms with Crippen LogP contribution in [-0.2, 0) is 18.3 Å². The molecule has 6 nitrogen and oxygen atoms in total. The number of aromatic nitrogens is 2. The van der Waals surface area contributed by atoms with E-state index in [0.717, 1.165) is 22.6 Å². The predicted molar refractivity (Wildman–Crippen MR) is 128 cm³/mol. The number of rotatable bonds is 11. The summed E-state index contributed by atoms with van der Waals surface area (Å²) in [5.41, 5.74) is 4.11. The first-order valence-corrected chi connectivity index (χ1v) is 11.2. The number of hydrogen-bond acceptors (Lipinski definition) is 5. The molecule has 0 saturated heterocycles. The zero-order valence-electron chi connectivity index (χ0n) is 19.8. The average Bonchev–Trinajstić information content (AvgIpc) is 3.09. The number of ether oxygens (including phenoxy) is 2. The average molecular weight is 438 g/mol. The summed E-state index contributed by atoms with van der Waals surface area (Å²) in [4.78, 5) is 2.23. The molecule has 1 N–H and O–H groups in total. The van der Waals surface area contributed by atoms with E-state index in [1.165, 1.54) is 5.56 Å². The summed E-state index contributed by atoms with van der Waals surface area (Å²) < 4.78 is 13.6. The number of aliphatic hydroxyl groups is 1. The minimum Gasteiger partial charge on any atom is -0.439 e. The van der Waals surface area contributed by atoms with Gasteiger partial charge in [0.2, 0.25) is 5.88 Å². The molecule has 2 aromatic carbocycles. The minimum absolute atomic E-state index is 0.224. The molecule has 0 fully saturated rings. The fourth-order valence-electron chi connectivity index (χ4n) is 3.61. The Balaban J connectivity index is 1.97. The third-order valence-corrected chi connectivity index (χ3v) is 5.42. The van der Waals surface area contributed by atoms with Gasteiger partial charge >= 0.3 is 0 Å². The SMILES string of the molecule is CCOCC(O)CN(Cc1c(-c2ccccc2)nn(C)c1Oc1ccc(C)cc1)C(C)C. The van der Waals surface area contributed by atoms with Crippen LogP contribution in [-0.4, -0.2) is 51.7 Å². The molecule has 3 rings (SSSR count). The zero-order valence-corrected chi connectivity index (χ0v) is 19.8. The molecular formula is C26H35N3O3. The van der Waals surface area contributed by atoms with E-state index < -0.39 is 6.10 Å². The van der Waals surface area contributed by atoms with Crippen molar-refractivity contribution in [2.45, 2.75) is 46.4 Å². The summed E-state index contributed by atoms with van der Waals surface area (Å²) >= 11 is 0. The van der Waals surface area contributed by atoms with E-state index in [4.69, 9.17) is 14.6 Å².